The lowest BCUT2D eigenvalue weighted by atomic mass is 10.2. The largest absolute Gasteiger partial charge is 0.339 e. The minimum atomic E-state index is -0.949. The molecule has 24 heavy (non-hydrogen) atoms. The van der Waals surface area contributed by atoms with Gasteiger partial charge in [0.25, 0.3) is 5.91 Å². The second-order valence-corrected chi connectivity index (χ2v) is 5.65. The minimum absolute atomic E-state index is 0.157. The Morgan fingerprint density at radius 1 is 1.04 bits per heavy atom. The first-order valence-corrected chi connectivity index (χ1v) is 7.56. The van der Waals surface area contributed by atoms with Crippen molar-refractivity contribution in [2.75, 3.05) is 38.5 Å². The summed E-state index contributed by atoms with van der Waals surface area (Å²) in [4.78, 5) is 16.3. The molecule has 2 heterocycles. The number of rotatable bonds is 3. The minimum Gasteiger partial charge on any atom is -0.339 e. The molecule has 1 amide bonds. The van der Waals surface area contributed by atoms with Crippen LogP contribution in [0.5, 0.6) is 0 Å². The fourth-order valence-electron chi connectivity index (χ4n) is 2.41. The molecule has 0 aliphatic carbocycles. The van der Waals surface area contributed by atoms with Crippen molar-refractivity contribution >= 4 is 17.4 Å². The highest BCUT2D eigenvalue weighted by Gasteiger charge is 2.21. The van der Waals surface area contributed by atoms with E-state index in [0.717, 1.165) is 25.2 Å². The van der Waals surface area contributed by atoms with Gasteiger partial charge in [0.2, 0.25) is 0 Å². The summed E-state index contributed by atoms with van der Waals surface area (Å²) in [6.07, 6.45) is 0. The van der Waals surface area contributed by atoms with Gasteiger partial charge in [0, 0.05) is 37.9 Å². The van der Waals surface area contributed by atoms with Gasteiger partial charge in [-0.2, -0.15) is 0 Å². The Balaban J connectivity index is 1.66. The number of carbonyl (C=O) groups is 1. The Labute approximate surface area is 138 Å². The van der Waals surface area contributed by atoms with Crippen molar-refractivity contribution in [1.82, 2.24) is 20.0 Å². The Bertz CT molecular complexity index is 730. The van der Waals surface area contributed by atoms with Gasteiger partial charge in [0.15, 0.2) is 23.1 Å². The van der Waals surface area contributed by atoms with Crippen molar-refractivity contribution in [1.29, 1.82) is 0 Å². The Morgan fingerprint density at radius 2 is 1.79 bits per heavy atom. The molecule has 3 rings (SSSR count). The monoisotopic (exact) mass is 333 g/mol. The fourth-order valence-corrected chi connectivity index (χ4v) is 2.41. The quantitative estimate of drug-likeness (QED) is 0.929. The summed E-state index contributed by atoms with van der Waals surface area (Å²) in [7, 11) is 2.01. The molecule has 0 atom stereocenters. The van der Waals surface area contributed by atoms with Crippen LogP contribution in [-0.4, -0.2) is 59.1 Å². The molecule has 2 aromatic rings. The van der Waals surface area contributed by atoms with Crippen molar-refractivity contribution < 1.29 is 13.6 Å². The van der Waals surface area contributed by atoms with E-state index in [-0.39, 0.29) is 11.6 Å². The van der Waals surface area contributed by atoms with Crippen molar-refractivity contribution in [2.45, 2.75) is 0 Å². The maximum absolute atomic E-state index is 13.2. The third kappa shape index (κ3) is 3.65. The summed E-state index contributed by atoms with van der Waals surface area (Å²) in [5, 5.41) is 10.7. The highest BCUT2D eigenvalue weighted by atomic mass is 19.2. The van der Waals surface area contributed by atoms with Crippen molar-refractivity contribution in [3.05, 3.63) is 47.7 Å². The maximum atomic E-state index is 13.2. The lowest BCUT2D eigenvalue weighted by molar-refractivity contribution is 0.0657. The average molecular weight is 333 g/mol. The van der Waals surface area contributed by atoms with Crippen LogP contribution in [0.1, 0.15) is 10.5 Å². The number of halogens is 2. The number of nitrogens with zero attached hydrogens (tertiary/aromatic N) is 4. The Hall–Kier alpha value is -2.61. The summed E-state index contributed by atoms with van der Waals surface area (Å²) in [5.74, 6) is -1.68. The number of aromatic nitrogens is 2. The van der Waals surface area contributed by atoms with Crippen LogP contribution >= 0.6 is 0 Å². The molecule has 1 aromatic heterocycles. The number of benzene rings is 1. The molecular formula is C16H17F2N5O. The van der Waals surface area contributed by atoms with Crippen LogP contribution in [0.15, 0.2) is 30.3 Å². The van der Waals surface area contributed by atoms with Gasteiger partial charge >= 0.3 is 0 Å². The van der Waals surface area contributed by atoms with Crippen LogP contribution in [0.3, 0.4) is 0 Å². The third-order valence-corrected chi connectivity index (χ3v) is 3.87. The molecule has 0 saturated carbocycles. The molecule has 8 heteroatoms. The van der Waals surface area contributed by atoms with Gasteiger partial charge in [-0.15, -0.1) is 10.2 Å². The summed E-state index contributed by atoms with van der Waals surface area (Å²) >= 11 is 0. The first-order chi connectivity index (χ1) is 11.5. The average Bonchev–Trinajstić information content (AvgIpc) is 2.59. The number of piperazine rings is 1. The SMILES string of the molecule is CN1CCN(C(=O)c2ccc(Nc3ccc(F)c(F)c3)nn2)CC1. The molecule has 1 aromatic carbocycles. The predicted octanol–water partition coefficient (Wildman–Crippen LogP) is 1.89. The van der Waals surface area contributed by atoms with E-state index in [1.807, 2.05) is 7.05 Å². The second-order valence-electron chi connectivity index (χ2n) is 5.65. The van der Waals surface area contributed by atoms with Crippen LogP contribution in [-0.2, 0) is 0 Å². The zero-order valence-corrected chi connectivity index (χ0v) is 13.2. The molecule has 6 nitrogen and oxygen atoms in total. The molecule has 0 bridgehead atoms. The van der Waals surface area contributed by atoms with E-state index in [1.54, 1.807) is 17.0 Å². The topological polar surface area (TPSA) is 61.4 Å². The van der Waals surface area contributed by atoms with Gasteiger partial charge in [0.05, 0.1) is 0 Å². The van der Waals surface area contributed by atoms with E-state index in [1.165, 1.54) is 6.07 Å². The second kappa shape index (κ2) is 6.88. The summed E-state index contributed by atoms with van der Waals surface area (Å²) in [6, 6.07) is 6.59. The van der Waals surface area contributed by atoms with E-state index in [4.69, 9.17) is 0 Å². The number of anilines is 2. The van der Waals surface area contributed by atoms with E-state index in [0.29, 0.717) is 24.6 Å². The lowest BCUT2D eigenvalue weighted by Crippen LogP contribution is -2.47. The first-order valence-electron chi connectivity index (χ1n) is 7.56. The molecule has 1 saturated heterocycles. The van der Waals surface area contributed by atoms with Gasteiger partial charge in [0.1, 0.15) is 0 Å². The number of amides is 1. The van der Waals surface area contributed by atoms with E-state index in [2.05, 4.69) is 20.4 Å². The zero-order valence-electron chi connectivity index (χ0n) is 13.2. The van der Waals surface area contributed by atoms with Crippen LogP contribution in [0.25, 0.3) is 0 Å². The fraction of sp³-hybridized carbons (Fsp3) is 0.312. The summed E-state index contributed by atoms with van der Waals surface area (Å²) in [5.41, 5.74) is 0.608. The van der Waals surface area contributed by atoms with Gasteiger partial charge in [-0.3, -0.25) is 4.79 Å². The number of carbonyl (C=O) groups excluding carboxylic acids is 1. The summed E-state index contributed by atoms with van der Waals surface area (Å²) in [6.45, 7) is 2.97. The van der Waals surface area contributed by atoms with Gasteiger partial charge in [-0.05, 0) is 31.3 Å². The third-order valence-electron chi connectivity index (χ3n) is 3.87. The standard InChI is InChI=1S/C16H17F2N5O/c1-22-6-8-23(9-7-22)16(24)14-4-5-15(21-20-14)19-11-2-3-12(17)13(18)10-11/h2-5,10H,6-9H2,1H3,(H,19,21). The molecule has 0 unspecified atom stereocenters. The van der Waals surface area contributed by atoms with Crippen LogP contribution in [0.2, 0.25) is 0 Å². The number of likely N-dealkylation sites (N-methyl/N-ethyl adjacent to an activating group) is 1. The first kappa shape index (κ1) is 16.3. The molecule has 126 valence electrons. The normalized spacial score (nSPS) is 15.4. The molecule has 1 aliphatic heterocycles. The van der Waals surface area contributed by atoms with Crippen LogP contribution in [0.4, 0.5) is 20.3 Å². The number of hydrogen-bond donors (Lipinski definition) is 1. The smallest absolute Gasteiger partial charge is 0.274 e. The lowest BCUT2D eigenvalue weighted by Gasteiger charge is -2.32. The van der Waals surface area contributed by atoms with Crippen molar-refractivity contribution in [3.8, 4) is 0 Å². The van der Waals surface area contributed by atoms with E-state index < -0.39 is 11.6 Å². The molecule has 0 spiro atoms. The molecule has 1 N–H and O–H groups in total. The van der Waals surface area contributed by atoms with Gasteiger partial charge < -0.3 is 15.1 Å². The van der Waals surface area contributed by atoms with Crippen LogP contribution < -0.4 is 5.32 Å². The van der Waals surface area contributed by atoms with Crippen LogP contribution in [0, 0.1) is 11.6 Å². The number of hydrogen-bond acceptors (Lipinski definition) is 5. The summed E-state index contributed by atoms with van der Waals surface area (Å²) < 4.78 is 26.1. The highest BCUT2D eigenvalue weighted by molar-refractivity contribution is 5.92. The van der Waals surface area contributed by atoms with Gasteiger partial charge in [-0.1, -0.05) is 0 Å². The van der Waals surface area contributed by atoms with E-state index in [9.17, 15) is 13.6 Å². The van der Waals surface area contributed by atoms with Crippen molar-refractivity contribution in [3.63, 3.8) is 0 Å². The van der Waals surface area contributed by atoms with E-state index >= 15 is 0 Å². The molecule has 1 fully saturated rings. The Kier molecular flexibility index (Phi) is 4.66. The Morgan fingerprint density at radius 3 is 2.42 bits per heavy atom. The molecule has 1 aliphatic rings. The predicted molar refractivity (Wildman–Crippen MR) is 85.1 cm³/mol. The zero-order chi connectivity index (χ0) is 17.1. The van der Waals surface area contributed by atoms with Gasteiger partial charge in [-0.25, -0.2) is 8.78 Å². The maximum Gasteiger partial charge on any atom is 0.274 e. The molecule has 0 radical (unpaired) electrons. The number of nitrogens with one attached hydrogen (secondary N) is 1. The molecular weight excluding hydrogens is 316 g/mol. The van der Waals surface area contributed by atoms with Crippen molar-refractivity contribution in [2.24, 2.45) is 0 Å². The highest BCUT2D eigenvalue weighted by Crippen LogP contribution is 2.17.